The average molecular weight is 418 g/mol. The van der Waals surface area contributed by atoms with Gasteiger partial charge >= 0.3 is 0 Å². The molecule has 1 aromatic heterocycles. The first-order valence-corrected chi connectivity index (χ1v) is 11.0. The molecule has 1 N–H and O–H groups in total. The average Bonchev–Trinajstić information content (AvgIpc) is 3.09. The van der Waals surface area contributed by atoms with Crippen molar-refractivity contribution >= 4 is 28.4 Å². The number of carbonyl (C=O) groups is 2. The number of ether oxygens (including phenoxy) is 1. The fourth-order valence-electron chi connectivity index (χ4n) is 4.87. The fraction of sp³-hybridized carbons (Fsp3) is 0.360. The summed E-state index contributed by atoms with van der Waals surface area (Å²) < 4.78 is 7.93. The largest absolute Gasteiger partial charge is 0.493 e. The van der Waals surface area contributed by atoms with Crippen LogP contribution in [0, 0.1) is 0 Å². The van der Waals surface area contributed by atoms with Crippen molar-refractivity contribution in [3.63, 3.8) is 0 Å². The number of nitrogens with zero attached hydrogens (tertiary/aromatic N) is 2. The van der Waals surface area contributed by atoms with E-state index in [1.165, 1.54) is 0 Å². The standard InChI is InChI=1S/C25H27N3O3/c1-27-16-17(20-7-2-3-8-22(20)27)14-24(29)26-18-9-10-23-21(15-18)25(30)28-12-5-4-6-19(28)11-13-31-23/h2-3,7-10,15-16,19H,4-6,11-14H2,1H3,(H,26,29)/t19-/m1/s1. The summed E-state index contributed by atoms with van der Waals surface area (Å²) in [7, 11) is 1.98. The van der Waals surface area contributed by atoms with E-state index in [0.29, 0.717) is 23.6 Å². The highest BCUT2D eigenvalue weighted by Crippen LogP contribution is 2.31. The molecule has 1 fully saturated rings. The van der Waals surface area contributed by atoms with Crippen molar-refractivity contribution in [2.45, 2.75) is 38.1 Å². The fourth-order valence-corrected chi connectivity index (χ4v) is 4.87. The predicted octanol–water partition coefficient (Wildman–Crippen LogP) is 4.14. The molecule has 1 atom stereocenters. The lowest BCUT2D eigenvalue weighted by molar-refractivity contribution is -0.115. The first-order chi connectivity index (χ1) is 15.1. The first kappa shape index (κ1) is 19.7. The molecule has 2 aliphatic rings. The van der Waals surface area contributed by atoms with Crippen molar-refractivity contribution in [2.75, 3.05) is 18.5 Å². The molecule has 6 heteroatoms. The van der Waals surface area contributed by atoms with Crippen molar-refractivity contribution in [1.82, 2.24) is 9.47 Å². The summed E-state index contributed by atoms with van der Waals surface area (Å²) in [5.74, 6) is 0.497. The second-order valence-corrected chi connectivity index (χ2v) is 8.50. The lowest BCUT2D eigenvalue weighted by atomic mass is 9.97. The quantitative estimate of drug-likeness (QED) is 0.697. The molecule has 2 aromatic carbocycles. The van der Waals surface area contributed by atoms with Crippen LogP contribution in [0.25, 0.3) is 10.9 Å². The Labute approximate surface area is 181 Å². The van der Waals surface area contributed by atoms with E-state index in [0.717, 1.165) is 48.7 Å². The maximum Gasteiger partial charge on any atom is 0.257 e. The maximum absolute atomic E-state index is 13.2. The van der Waals surface area contributed by atoms with Crippen molar-refractivity contribution < 1.29 is 14.3 Å². The number of rotatable bonds is 3. The Bertz CT molecular complexity index is 1150. The SMILES string of the molecule is Cn1cc(CC(=O)Nc2ccc3c(c2)C(=O)N2CCCC[C@@H]2CCO3)c2ccccc21. The van der Waals surface area contributed by atoms with E-state index < -0.39 is 0 Å². The highest BCUT2D eigenvalue weighted by Gasteiger charge is 2.31. The number of fused-ring (bicyclic) bond motifs is 3. The Morgan fingerprint density at radius 3 is 2.94 bits per heavy atom. The van der Waals surface area contributed by atoms with E-state index in [4.69, 9.17) is 4.74 Å². The van der Waals surface area contributed by atoms with Gasteiger partial charge in [-0.25, -0.2) is 0 Å². The van der Waals surface area contributed by atoms with Crippen LogP contribution in [0.2, 0.25) is 0 Å². The van der Waals surface area contributed by atoms with Crippen molar-refractivity contribution in [2.24, 2.45) is 7.05 Å². The second kappa shape index (κ2) is 8.10. The van der Waals surface area contributed by atoms with Crippen LogP contribution in [0.3, 0.4) is 0 Å². The van der Waals surface area contributed by atoms with Gasteiger partial charge in [-0.2, -0.15) is 0 Å². The zero-order valence-electron chi connectivity index (χ0n) is 17.8. The van der Waals surface area contributed by atoms with E-state index in [9.17, 15) is 9.59 Å². The summed E-state index contributed by atoms with van der Waals surface area (Å²) in [6.45, 7) is 1.40. The number of amides is 2. The molecule has 6 nitrogen and oxygen atoms in total. The molecule has 0 aliphatic carbocycles. The number of carbonyl (C=O) groups excluding carboxylic acids is 2. The number of piperidine rings is 1. The Morgan fingerprint density at radius 1 is 1.16 bits per heavy atom. The third kappa shape index (κ3) is 3.78. The number of hydrogen-bond acceptors (Lipinski definition) is 3. The number of aromatic nitrogens is 1. The van der Waals surface area contributed by atoms with E-state index in [-0.39, 0.29) is 24.3 Å². The molecular formula is C25H27N3O3. The first-order valence-electron chi connectivity index (χ1n) is 11.0. The summed E-state index contributed by atoms with van der Waals surface area (Å²) in [5, 5.41) is 4.05. The van der Waals surface area contributed by atoms with Gasteiger partial charge in [0.15, 0.2) is 0 Å². The molecule has 0 bridgehead atoms. The van der Waals surface area contributed by atoms with Crippen molar-refractivity contribution in [1.29, 1.82) is 0 Å². The number of anilines is 1. The van der Waals surface area contributed by atoms with Crippen LogP contribution in [-0.4, -0.2) is 40.5 Å². The van der Waals surface area contributed by atoms with Crippen LogP contribution >= 0.6 is 0 Å². The summed E-state index contributed by atoms with van der Waals surface area (Å²) >= 11 is 0. The smallest absolute Gasteiger partial charge is 0.257 e. The highest BCUT2D eigenvalue weighted by molar-refractivity contribution is 6.00. The predicted molar refractivity (Wildman–Crippen MR) is 120 cm³/mol. The topological polar surface area (TPSA) is 63.6 Å². The summed E-state index contributed by atoms with van der Waals surface area (Å²) in [4.78, 5) is 28.0. The van der Waals surface area contributed by atoms with Gasteiger partial charge in [-0.15, -0.1) is 0 Å². The summed E-state index contributed by atoms with van der Waals surface area (Å²) in [6, 6.07) is 13.7. The van der Waals surface area contributed by atoms with Crippen LogP contribution in [0.15, 0.2) is 48.7 Å². The number of aryl methyl sites for hydroxylation is 1. The van der Waals surface area contributed by atoms with Crippen LogP contribution in [0.5, 0.6) is 5.75 Å². The second-order valence-electron chi connectivity index (χ2n) is 8.50. The molecule has 31 heavy (non-hydrogen) atoms. The number of benzene rings is 2. The minimum atomic E-state index is -0.105. The lowest BCUT2D eigenvalue weighted by Crippen LogP contribution is -2.45. The van der Waals surface area contributed by atoms with Crippen LogP contribution in [0.1, 0.15) is 41.6 Å². The molecule has 0 spiro atoms. The zero-order chi connectivity index (χ0) is 21.4. The van der Waals surface area contributed by atoms with E-state index in [2.05, 4.69) is 5.32 Å². The number of hydrogen-bond donors (Lipinski definition) is 1. The Hall–Kier alpha value is -3.28. The van der Waals surface area contributed by atoms with Gasteiger partial charge in [-0.3, -0.25) is 9.59 Å². The molecule has 5 rings (SSSR count). The molecule has 2 amide bonds. The van der Waals surface area contributed by atoms with Gasteiger partial charge in [-0.1, -0.05) is 18.2 Å². The minimum absolute atomic E-state index is 0.00422. The van der Waals surface area contributed by atoms with Gasteiger partial charge in [0.2, 0.25) is 5.91 Å². The third-order valence-electron chi connectivity index (χ3n) is 6.42. The van der Waals surface area contributed by atoms with Gasteiger partial charge in [0.1, 0.15) is 5.75 Å². The van der Waals surface area contributed by atoms with Crippen molar-refractivity contribution in [3.05, 3.63) is 59.8 Å². The van der Waals surface area contributed by atoms with Gasteiger partial charge < -0.3 is 19.5 Å². The Balaban J connectivity index is 1.36. The van der Waals surface area contributed by atoms with E-state index >= 15 is 0 Å². The minimum Gasteiger partial charge on any atom is -0.493 e. The summed E-state index contributed by atoms with van der Waals surface area (Å²) in [5.41, 5.74) is 3.24. The van der Waals surface area contributed by atoms with E-state index in [1.807, 2.05) is 53.0 Å². The molecule has 1 saturated heterocycles. The molecular weight excluding hydrogens is 390 g/mol. The normalized spacial score (nSPS) is 18.5. The molecule has 0 saturated carbocycles. The monoisotopic (exact) mass is 417 g/mol. The number of nitrogens with one attached hydrogen (secondary N) is 1. The van der Waals surface area contributed by atoms with Gasteiger partial charge in [0.05, 0.1) is 18.6 Å². The lowest BCUT2D eigenvalue weighted by Gasteiger charge is -2.37. The van der Waals surface area contributed by atoms with Gasteiger partial charge in [-0.05, 0) is 49.1 Å². The maximum atomic E-state index is 13.2. The van der Waals surface area contributed by atoms with Gasteiger partial charge in [0, 0.05) is 48.8 Å². The van der Waals surface area contributed by atoms with E-state index in [1.54, 1.807) is 12.1 Å². The van der Waals surface area contributed by atoms with Gasteiger partial charge in [0.25, 0.3) is 5.91 Å². The molecule has 0 unspecified atom stereocenters. The summed E-state index contributed by atoms with van der Waals surface area (Å²) in [6.07, 6.45) is 6.38. The number of para-hydroxylation sites is 1. The molecule has 2 aliphatic heterocycles. The molecule has 3 aromatic rings. The molecule has 0 radical (unpaired) electrons. The van der Waals surface area contributed by atoms with Crippen LogP contribution < -0.4 is 10.1 Å². The third-order valence-corrected chi connectivity index (χ3v) is 6.42. The Morgan fingerprint density at radius 2 is 2.03 bits per heavy atom. The van der Waals surface area contributed by atoms with Crippen LogP contribution in [0.4, 0.5) is 5.69 Å². The van der Waals surface area contributed by atoms with Crippen molar-refractivity contribution in [3.8, 4) is 5.75 Å². The molecule has 160 valence electrons. The van der Waals surface area contributed by atoms with Crippen LogP contribution in [-0.2, 0) is 18.3 Å². The zero-order valence-corrected chi connectivity index (χ0v) is 17.8. The molecule has 3 heterocycles. The Kier molecular flexibility index (Phi) is 5.14. The highest BCUT2D eigenvalue weighted by atomic mass is 16.5.